The molecule has 1 aromatic rings. The minimum Gasteiger partial charge on any atom is -0.383 e. The van der Waals surface area contributed by atoms with Gasteiger partial charge in [-0.1, -0.05) is 28.1 Å². The summed E-state index contributed by atoms with van der Waals surface area (Å²) in [5.41, 5.74) is -0.820. The van der Waals surface area contributed by atoms with Crippen molar-refractivity contribution < 1.29 is 22.7 Å². The highest BCUT2D eigenvalue weighted by Crippen LogP contribution is 2.30. The Bertz CT molecular complexity index is 404. The summed E-state index contributed by atoms with van der Waals surface area (Å²) >= 11 is 3.06. The summed E-state index contributed by atoms with van der Waals surface area (Å²) in [7, 11) is 1.41. The average Bonchev–Trinajstić information content (AvgIpc) is 2.27. The highest BCUT2D eigenvalue weighted by Gasteiger charge is 2.31. The molecule has 2 nitrogen and oxygen atoms in total. The first-order chi connectivity index (χ1) is 7.86. The molecule has 0 fully saturated rings. The lowest BCUT2D eigenvalue weighted by atomic mass is 10.1. The largest absolute Gasteiger partial charge is 0.416 e. The maximum Gasteiger partial charge on any atom is 0.416 e. The molecule has 0 aliphatic carbocycles. The Labute approximate surface area is 105 Å². The Kier molecular flexibility index (Phi) is 4.70. The van der Waals surface area contributed by atoms with Crippen molar-refractivity contribution >= 4 is 21.7 Å². The van der Waals surface area contributed by atoms with Crippen molar-refractivity contribution in [3.8, 4) is 0 Å². The molecular formula is C11H10BrF3O2. The second-order valence-electron chi connectivity index (χ2n) is 3.37. The standard InChI is InChI=1S/C11H10BrF3O2/c1-17-6-9(12)10(16)7-3-2-4-8(5-7)11(13,14)15/h2-5,9H,6H2,1H3. The fraction of sp³-hybridized carbons (Fsp3) is 0.364. The van der Waals surface area contributed by atoms with Gasteiger partial charge in [0.2, 0.25) is 0 Å². The van der Waals surface area contributed by atoms with Gasteiger partial charge in [-0.25, -0.2) is 0 Å². The molecule has 1 rings (SSSR count). The van der Waals surface area contributed by atoms with Gasteiger partial charge in [0.15, 0.2) is 5.78 Å². The van der Waals surface area contributed by atoms with E-state index in [0.29, 0.717) is 0 Å². The average molecular weight is 311 g/mol. The van der Waals surface area contributed by atoms with Crippen molar-refractivity contribution in [1.29, 1.82) is 0 Å². The Morgan fingerprint density at radius 3 is 2.65 bits per heavy atom. The molecule has 0 aliphatic heterocycles. The van der Waals surface area contributed by atoms with Gasteiger partial charge >= 0.3 is 6.18 Å². The normalized spacial score (nSPS) is 13.5. The van der Waals surface area contributed by atoms with E-state index in [1.54, 1.807) is 0 Å². The molecular weight excluding hydrogens is 301 g/mol. The molecule has 0 saturated carbocycles. The fourth-order valence-corrected chi connectivity index (χ4v) is 1.78. The smallest absolute Gasteiger partial charge is 0.383 e. The number of ketones is 1. The van der Waals surface area contributed by atoms with Gasteiger partial charge in [-0.2, -0.15) is 13.2 Å². The predicted octanol–water partition coefficient (Wildman–Crippen LogP) is 3.30. The quantitative estimate of drug-likeness (QED) is 0.630. The molecule has 6 heteroatoms. The molecule has 0 radical (unpaired) electrons. The van der Waals surface area contributed by atoms with E-state index in [4.69, 9.17) is 4.74 Å². The van der Waals surface area contributed by atoms with E-state index in [9.17, 15) is 18.0 Å². The molecule has 0 spiro atoms. The molecule has 1 unspecified atom stereocenters. The number of carbonyl (C=O) groups excluding carboxylic acids is 1. The van der Waals surface area contributed by atoms with Gasteiger partial charge < -0.3 is 4.74 Å². The van der Waals surface area contributed by atoms with E-state index in [0.717, 1.165) is 12.1 Å². The topological polar surface area (TPSA) is 26.3 Å². The van der Waals surface area contributed by atoms with Crippen LogP contribution >= 0.6 is 15.9 Å². The van der Waals surface area contributed by atoms with Crippen LogP contribution in [0.5, 0.6) is 0 Å². The number of hydrogen-bond donors (Lipinski definition) is 0. The molecule has 0 aliphatic rings. The van der Waals surface area contributed by atoms with E-state index in [1.807, 2.05) is 0 Å². The second-order valence-corrected chi connectivity index (χ2v) is 4.47. The lowest BCUT2D eigenvalue weighted by Gasteiger charge is -2.10. The number of hydrogen-bond acceptors (Lipinski definition) is 2. The summed E-state index contributed by atoms with van der Waals surface area (Å²) in [4.78, 5) is 11.1. The summed E-state index contributed by atoms with van der Waals surface area (Å²) in [5, 5.41) is 0. The van der Waals surface area contributed by atoms with Crippen molar-refractivity contribution in [3.63, 3.8) is 0 Å². The first kappa shape index (κ1) is 14.2. The summed E-state index contributed by atoms with van der Waals surface area (Å²) in [5.74, 6) is -0.432. The van der Waals surface area contributed by atoms with Crippen LogP contribution in [-0.4, -0.2) is 24.3 Å². The zero-order valence-electron chi connectivity index (χ0n) is 8.92. The van der Waals surface area contributed by atoms with Gasteiger partial charge in [0.25, 0.3) is 0 Å². The third kappa shape index (κ3) is 3.81. The SMILES string of the molecule is COCC(Br)C(=O)c1cccc(C(F)(F)F)c1. The van der Waals surface area contributed by atoms with Gasteiger partial charge in [0.1, 0.15) is 4.83 Å². The van der Waals surface area contributed by atoms with Crippen molar-refractivity contribution in [1.82, 2.24) is 0 Å². The summed E-state index contributed by atoms with van der Waals surface area (Å²) < 4.78 is 42.1. The van der Waals surface area contributed by atoms with E-state index in [-0.39, 0.29) is 12.2 Å². The number of methoxy groups -OCH3 is 1. The number of Topliss-reactive ketones (excluding diaryl/α,β-unsaturated/α-hetero) is 1. The van der Waals surface area contributed by atoms with Gasteiger partial charge in [0.05, 0.1) is 12.2 Å². The van der Waals surface area contributed by atoms with E-state index in [1.165, 1.54) is 19.2 Å². The van der Waals surface area contributed by atoms with Gasteiger partial charge in [-0.3, -0.25) is 4.79 Å². The Morgan fingerprint density at radius 1 is 1.47 bits per heavy atom. The van der Waals surface area contributed by atoms with Crippen molar-refractivity contribution in [3.05, 3.63) is 35.4 Å². The minimum absolute atomic E-state index is 0.0127. The van der Waals surface area contributed by atoms with E-state index >= 15 is 0 Å². The van der Waals surface area contributed by atoms with E-state index in [2.05, 4.69) is 15.9 Å². The highest BCUT2D eigenvalue weighted by molar-refractivity contribution is 9.10. The third-order valence-corrected chi connectivity index (χ3v) is 2.75. The number of carbonyl (C=O) groups is 1. The predicted molar refractivity (Wildman–Crippen MR) is 60.4 cm³/mol. The van der Waals surface area contributed by atoms with Crippen molar-refractivity contribution in [2.24, 2.45) is 0 Å². The highest BCUT2D eigenvalue weighted by atomic mass is 79.9. The maximum absolute atomic E-state index is 12.4. The van der Waals surface area contributed by atoms with E-state index < -0.39 is 22.4 Å². The Balaban J connectivity index is 2.96. The number of rotatable bonds is 4. The molecule has 17 heavy (non-hydrogen) atoms. The van der Waals surface area contributed by atoms with Gasteiger partial charge in [-0.05, 0) is 12.1 Å². The zero-order chi connectivity index (χ0) is 13.1. The minimum atomic E-state index is -4.45. The summed E-state index contributed by atoms with van der Waals surface area (Å²) in [6.07, 6.45) is -4.45. The summed E-state index contributed by atoms with van der Waals surface area (Å²) in [6, 6.07) is 4.33. The van der Waals surface area contributed by atoms with Crippen LogP contribution < -0.4 is 0 Å². The molecule has 0 amide bonds. The molecule has 0 aromatic heterocycles. The lowest BCUT2D eigenvalue weighted by molar-refractivity contribution is -0.137. The number of alkyl halides is 4. The molecule has 1 aromatic carbocycles. The van der Waals surface area contributed by atoms with Crippen LogP contribution in [0.2, 0.25) is 0 Å². The van der Waals surface area contributed by atoms with Crippen LogP contribution in [0.25, 0.3) is 0 Å². The van der Waals surface area contributed by atoms with Gasteiger partial charge in [-0.15, -0.1) is 0 Å². The van der Waals surface area contributed by atoms with Crippen molar-refractivity contribution in [2.45, 2.75) is 11.0 Å². The molecule has 0 heterocycles. The van der Waals surface area contributed by atoms with Crippen LogP contribution in [0.15, 0.2) is 24.3 Å². The Morgan fingerprint density at radius 2 is 2.12 bits per heavy atom. The lowest BCUT2D eigenvalue weighted by Crippen LogP contribution is -2.20. The summed E-state index contributed by atoms with van der Waals surface area (Å²) in [6.45, 7) is 0.106. The fourth-order valence-electron chi connectivity index (χ4n) is 1.25. The zero-order valence-corrected chi connectivity index (χ0v) is 10.5. The Hall–Kier alpha value is -0.880. The molecule has 94 valence electrons. The number of halogens is 4. The second kappa shape index (κ2) is 5.64. The van der Waals surface area contributed by atoms with Crippen LogP contribution in [0, 0.1) is 0 Å². The first-order valence-corrected chi connectivity index (χ1v) is 5.62. The molecule has 1 atom stereocenters. The van der Waals surface area contributed by atoms with Crippen LogP contribution in [-0.2, 0) is 10.9 Å². The van der Waals surface area contributed by atoms with Crippen molar-refractivity contribution in [2.75, 3.05) is 13.7 Å². The van der Waals surface area contributed by atoms with Gasteiger partial charge in [0, 0.05) is 12.7 Å². The van der Waals surface area contributed by atoms with Crippen LogP contribution in [0.4, 0.5) is 13.2 Å². The number of benzene rings is 1. The van der Waals surface area contributed by atoms with Crippen LogP contribution in [0.3, 0.4) is 0 Å². The monoisotopic (exact) mass is 310 g/mol. The number of ether oxygens (including phenoxy) is 1. The van der Waals surface area contributed by atoms with Crippen LogP contribution in [0.1, 0.15) is 15.9 Å². The first-order valence-electron chi connectivity index (χ1n) is 4.70. The molecule has 0 N–H and O–H groups in total. The third-order valence-electron chi connectivity index (χ3n) is 2.07. The molecule has 0 bridgehead atoms. The molecule has 0 saturated heterocycles. The maximum atomic E-state index is 12.4.